The number of nitrogens with one attached hydrogen (secondary N) is 1. The van der Waals surface area contributed by atoms with Gasteiger partial charge in [-0.15, -0.1) is 0 Å². The monoisotopic (exact) mass is 424 g/mol. The number of nitrogens with zero attached hydrogens (tertiary/aromatic N) is 3. The van der Waals surface area contributed by atoms with Crippen LogP contribution in [-0.4, -0.2) is 52.7 Å². The molecule has 0 unspecified atom stereocenters. The molecule has 30 heavy (non-hydrogen) atoms. The minimum absolute atomic E-state index is 0.0905. The van der Waals surface area contributed by atoms with E-state index in [1.807, 2.05) is 66.1 Å². The van der Waals surface area contributed by atoms with Gasteiger partial charge < -0.3 is 19.5 Å². The summed E-state index contributed by atoms with van der Waals surface area (Å²) < 4.78 is 10.8. The lowest BCUT2D eigenvalue weighted by molar-refractivity contribution is 0.0771. The van der Waals surface area contributed by atoms with Crippen LogP contribution in [0.2, 0.25) is 0 Å². The Bertz CT molecular complexity index is 1030. The summed E-state index contributed by atoms with van der Waals surface area (Å²) in [6.07, 6.45) is 0. The standard InChI is InChI=1S/C22H24N4O3S/c1-15-16(22(27)26-10-12-30-13-11-26)7-5-8-18(15)23-14-20-24-21(25-29-20)17-6-3-4-9-19(17)28-2/h3-9,23H,10-14H2,1-2H3. The fourth-order valence-corrected chi connectivity index (χ4v) is 4.34. The van der Waals surface area contributed by atoms with Crippen molar-refractivity contribution in [2.75, 3.05) is 37.0 Å². The maximum atomic E-state index is 12.9. The minimum atomic E-state index is 0.0905. The summed E-state index contributed by atoms with van der Waals surface area (Å²) >= 11 is 1.89. The highest BCUT2D eigenvalue weighted by Crippen LogP contribution is 2.27. The number of thioether (sulfide) groups is 1. The summed E-state index contributed by atoms with van der Waals surface area (Å²) in [7, 11) is 1.61. The van der Waals surface area contributed by atoms with Gasteiger partial charge in [0.05, 0.1) is 19.2 Å². The van der Waals surface area contributed by atoms with Gasteiger partial charge in [-0.3, -0.25) is 4.79 Å². The van der Waals surface area contributed by atoms with E-state index in [0.717, 1.165) is 47.0 Å². The first-order chi connectivity index (χ1) is 14.7. The number of ether oxygens (including phenoxy) is 1. The molecule has 1 N–H and O–H groups in total. The molecule has 4 rings (SSSR count). The molecule has 0 aliphatic carbocycles. The smallest absolute Gasteiger partial charge is 0.254 e. The van der Waals surface area contributed by atoms with E-state index < -0.39 is 0 Å². The van der Waals surface area contributed by atoms with Crippen LogP contribution in [0.5, 0.6) is 5.75 Å². The first kappa shape index (κ1) is 20.3. The number of carbonyl (C=O) groups is 1. The van der Waals surface area contributed by atoms with Crippen LogP contribution in [0, 0.1) is 6.92 Å². The normalized spacial score (nSPS) is 13.9. The lowest BCUT2D eigenvalue weighted by Crippen LogP contribution is -2.38. The van der Waals surface area contributed by atoms with Crippen molar-refractivity contribution in [1.82, 2.24) is 15.0 Å². The van der Waals surface area contributed by atoms with Gasteiger partial charge in [0, 0.05) is 35.8 Å². The van der Waals surface area contributed by atoms with Gasteiger partial charge in [-0.1, -0.05) is 23.4 Å². The third kappa shape index (κ3) is 4.28. The molecule has 1 saturated heterocycles. The maximum absolute atomic E-state index is 12.9. The van der Waals surface area contributed by atoms with E-state index in [1.165, 1.54) is 0 Å². The van der Waals surface area contributed by atoms with Crippen molar-refractivity contribution in [1.29, 1.82) is 0 Å². The van der Waals surface area contributed by atoms with E-state index in [9.17, 15) is 4.79 Å². The highest BCUT2D eigenvalue weighted by Gasteiger charge is 2.21. The van der Waals surface area contributed by atoms with Crippen LogP contribution in [0.1, 0.15) is 21.8 Å². The number of hydrogen-bond acceptors (Lipinski definition) is 7. The van der Waals surface area contributed by atoms with Crippen molar-refractivity contribution in [3.8, 4) is 17.1 Å². The van der Waals surface area contributed by atoms with Crippen LogP contribution in [0.4, 0.5) is 5.69 Å². The van der Waals surface area contributed by atoms with Crippen LogP contribution >= 0.6 is 11.8 Å². The zero-order chi connectivity index (χ0) is 20.9. The van der Waals surface area contributed by atoms with Gasteiger partial charge in [-0.2, -0.15) is 16.7 Å². The first-order valence-corrected chi connectivity index (χ1v) is 11.0. The van der Waals surface area contributed by atoms with Gasteiger partial charge in [0.2, 0.25) is 11.7 Å². The summed E-state index contributed by atoms with van der Waals surface area (Å²) in [5.41, 5.74) is 3.31. The quantitative estimate of drug-likeness (QED) is 0.644. The predicted molar refractivity (Wildman–Crippen MR) is 118 cm³/mol. The van der Waals surface area contributed by atoms with Crippen molar-refractivity contribution in [3.63, 3.8) is 0 Å². The number of amides is 1. The molecule has 1 aliphatic rings. The van der Waals surface area contributed by atoms with Gasteiger partial charge in [0.15, 0.2) is 0 Å². The van der Waals surface area contributed by atoms with E-state index >= 15 is 0 Å². The number of aromatic nitrogens is 2. The molecular formula is C22H24N4O3S. The summed E-state index contributed by atoms with van der Waals surface area (Å²) in [4.78, 5) is 19.3. The largest absolute Gasteiger partial charge is 0.496 e. The summed E-state index contributed by atoms with van der Waals surface area (Å²) in [6.45, 7) is 3.92. The number of para-hydroxylation sites is 1. The molecule has 0 saturated carbocycles. The van der Waals surface area contributed by atoms with Crippen LogP contribution < -0.4 is 10.1 Å². The first-order valence-electron chi connectivity index (χ1n) is 9.84. The topological polar surface area (TPSA) is 80.5 Å². The molecule has 1 fully saturated rings. The minimum Gasteiger partial charge on any atom is -0.496 e. The average molecular weight is 425 g/mol. The number of anilines is 1. The van der Waals surface area contributed by atoms with Crippen molar-refractivity contribution in [2.24, 2.45) is 0 Å². The van der Waals surface area contributed by atoms with Gasteiger partial charge >= 0.3 is 0 Å². The Kier molecular flexibility index (Phi) is 6.23. The molecule has 7 nitrogen and oxygen atoms in total. The zero-order valence-corrected chi connectivity index (χ0v) is 17.9. The molecule has 3 aromatic rings. The molecule has 0 bridgehead atoms. The number of carbonyl (C=O) groups excluding carboxylic acids is 1. The number of benzene rings is 2. The van der Waals surface area contributed by atoms with Crippen molar-refractivity contribution in [3.05, 3.63) is 59.5 Å². The van der Waals surface area contributed by atoms with Gasteiger partial charge in [-0.05, 0) is 36.8 Å². The Morgan fingerprint density at radius 2 is 2.00 bits per heavy atom. The average Bonchev–Trinajstić information content (AvgIpc) is 3.27. The van der Waals surface area contributed by atoms with Gasteiger partial charge in [0.25, 0.3) is 5.91 Å². The van der Waals surface area contributed by atoms with Crippen LogP contribution in [0.15, 0.2) is 47.0 Å². The Morgan fingerprint density at radius 1 is 1.20 bits per heavy atom. The van der Waals surface area contributed by atoms with E-state index in [-0.39, 0.29) is 5.91 Å². The molecule has 1 aromatic heterocycles. The molecule has 1 amide bonds. The van der Waals surface area contributed by atoms with Crippen LogP contribution in [0.25, 0.3) is 11.4 Å². The van der Waals surface area contributed by atoms with Crippen molar-refractivity contribution in [2.45, 2.75) is 13.5 Å². The van der Waals surface area contributed by atoms with E-state index in [0.29, 0.717) is 24.0 Å². The molecular weight excluding hydrogens is 400 g/mol. The predicted octanol–water partition coefficient (Wildman–Crippen LogP) is 3.85. The van der Waals surface area contributed by atoms with E-state index in [2.05, 4.69) is 15.5 Å². The molecule has 8 heteroatoms. The highest BCUT2D eigenvalue weighted by atomic mass is 32.2. The number of rotatable bonds is 6. The molecule has 156 valence electrons. The molecule has 2 aromatic carbocycles. The molecule has 1 aliphatic heterocycles. The fraction of sp³-hybridized carbons (Fsp3) is 0.318. The Labute approximate surface area is 179 Å². The maximum Gasteiger partial charge on any atom is 0.254 e. The van der Waals surface area contributed by atoms with Crippen molar-refractivity contribution < 1.29 is 14.1 Å². The summed E-state index contributed by atoms with van der Waals surface area (Å²) in [5, 5.41) is 7.39. The zero-order valence-electron chi connectivity index (χ0n) is 17.1. The SMILES string of the molecule is COc1ccccc1-c1noc(CNc2cccc(C(=O)N3CCSCC3)c2C)n1. The second kappa shape index (κ2) is 9.21. The second-order valence-electron chi connectivity index (χ2n) is 6.95. The summed E-state index contributed by atoms with van der Waals surface area (Å²) in [5.74, 6) is 3.71. The molecule has 2 heterocycles. The molecule has 0 spiro atoms. The lowest BCUT2D eigenvalue weighted by atomic mass is 10.1. The van der Waals surface area contributed by atoms with Crippen molar-refractivity contribution >= 4 is 23.4 Å². The Morgan fingerprint density at radius 3 is 2.80 bits per heavy atom. The van der Waals surface area contributed by atoms with Crippen LogP contribution in [0.3, 0.4) is 0 Å². The van der Waals surface area contributed by atoms with E-state index in [4.69, 9.17) is 9.26 Å². The van der Waals surface area contributed by atoms with E-state index in [1.54, 1.807) is 7.11 Å². The van der Waals surface area contributed by atoms with Gasteiger partial charge in [0.1, 0.15) is 5.75 Å². The van der Waals surface area contributed by atoms with Gasteiger partial charge in [-0.25, -0.2) is 0 Å². The summed E-state index contributed by atoms with van der Waals surface area (Å²) in [6, 6.07) is 13.3. The third-order valence-electron chi connectivity index (χ3n) is 5.11. The Hall–Kier alpha value is -3.00. The highest BCUT2D eigenvalue weighted by molar-refractivity contribution is 7.99. The third-order valence-corrected chi connectivity index (χ3v) is 6.05. The Balaban J connectivity index is 1.47. The van der Waals surface area contributed by atoms with Crippen LogP contribution in [-0.2, 0) is 6.54 Å². The number of hydrogen-bond donors (Lipinski definition) is 1. The molecule has 0 radical (unpaired) electrons. The number of methoxy groups -OCH3 is 1. The molecule has 0 atom stereocenters. The fourth-order valence-electron chi connectivity index (χ4n) is 3.43. The lowest BCUT2D eigenvalue weighted by Gasteiger charge is -2.27. The second-order valence-corrected chi connectivity index (χ2v) is 8.17.